The molecule has 0 saturated carbocycles. The minimum atomic E-state index is 1.06. The number of hydrogen-bond acceptors (Lipinski definition) is 4. The first kappa shape index (κ1) is 12.2. The van der Waals surface area contributed by atoms with Crippen molar-refractivity contribution in [3.05, 3.63) is 73.1 Å². The Kier molecular flexibility index (Phi) is 3.55. The highest BCUT2D eigenvalue weighted by Crippen LogP contribution is 2.18. The third kappa shape index (κ3) is 2.75. The quantitative estimate of drug-likeness (QED) is 0.455. The Labute approximate surface area is 116 Å². The predicted molar refractivity (Wildman–Crippen MR) is 79.1 cm³/mol. The van der Waals surface area contributed by atoms with Crippen LogP contribution in [0.5, 0.6) is 0 Å². The third-order valence-electron chi connectivity index (χ3n) is 2.83. The van der Waals surface area contributed by atoms with Crippen LogP contribution in [0.2, 0.25) is 0 Å². The Morgan fingerprint density at radius 2 is 1.15 bits per heavy atom. The molecule has 0 aliphatic rings. The molecule has 4 nitrogen and oxygen atoms in total. The van der Waals surface area contributed by atoms with E-state index in [1.807, 2.05) is 36.4 Å². The second kappa shape index (κ2) is 5.84. The van der Waals surface area contributed by atoms with Crippen molar-refractivity contribution < 1.29 is 0 Å². The first-order chi connectivity index (χ1) is 9.93. The molecular weight excluding hydrogens is 248 g/mol. The van der Waals surface area contributed by atoms with Crippen molar-refractivity contribution in [1.29, 1.82) is 0 Å². The number of benzene rings is 2. The minimum Gasteiger partial charge on any atom is -0.248 e. The van der Waals surface area contributed by atoms with E-state index in [-0.39, 0.29) is 0 Å². The van der Waals surface area contributed by atoms with Gasteiger partial charge in [-0.15, -0.1) is 10.2 Å². The molecular formula is C16H12N4. The van der Waals surface area contributed by atoms with Gasteiger partial charge >= 0.3 is 0 Å². The van der Waals surface area contributed by atoms with Crippen LogP contribution >= 0.6 is 0 Å². The summed E-state index contributed by atoms with van der Waals surface area (Å²) >= 11 is 0. The van der Waals surface area contributed by atoms with E-state index >= 15 is 0 Å². The second-order valence-corrected chi connectivity index (χ2v) is 4.18. The average Bonchev–Trinajstić information content (AvgIpc) is 2.55. The van der Waals surface area contributed by atoms with Crippen LogP contribution < -0.4 is 0 Å². The van der Waals surface area contributed by atoms with Crippen LogP contribution in [0.25, 0.3) is 21.8 Å². The van der Waals surface area contributed by atoms with Crippen LogP contribution in [0.4, 0.5) is 0 Å². The van der Waals surface area contributed by atoms with Crippen molar-refractivity contribution in [1.82, 2.24) is 20.4 Å². The number of hydrogen-bond donors (Lipinski definition) is 0. The molecule has 0 N–H and O–H groups in total. The van der Waals surface area contributed by atoms with E-state index in [2.05, 4.69) is 38.6 Å². The molecule has 0 bridgehead atoms. The molecule has 2 heterocycles. The van der Waals surface area contributed by atoms with Crippen molar-refractivity contribution in [3.63, 3.8) is 0 Å². The predicted octanol–water partition coefficient (Wildman–Crippen LogP) is 3.26. The molecule has 0 atom stereocenters. The largest absolute Gasteiger partial charge is 0.248 e. The lowest BCUT2D eigenvalue weighted by atomic mass is 10.1. The van der Waals surface area contributed by atoms with Gasteiger partial charge in [0, 0.05) is 10.8 Å². The number of aromatic nitrogens is 4. The highest BCUT2D eigenvalue weighted by molar-refractivity contribution is 5.92. The maximum atomic E-state index is 4.58. The minimum absolute atomic E-state index is 1.06. The van der Waals surface area contributed by atoms with Crippen molar-refractivity contribution in [2.24, 2.45) is 0 Å². The zero-order valence-electron chi connectivity index (χ0n) is 10.7. The van der Waals surface area contributed by atoms with Gasteiger partial charge in [0.05, 0.1) is 23.4 Å². The fourth-order valence-corrected chi connectivity index (χ4v) is 1.93. The molecule has 0 radical (unpaired) electrons. The van der Waals surface area contributed by atoms with Gasteiger partial charge in [-0.25, -0.2) is 4.98 Å². The molecule has 0 unspecified atom stereocenters. The molecule has 0 fully saturated rings. The van der Waals surface area contributed by atoms with Crippen molar-refractivity contribution >= 4 is 21.8 Å². The summed E-state index contributed by atoms with van der Waals surface area (Å²) in [6, 6.07) is 20.3. The zero-order chi connectivity index (χ0) is 13.6. The maximum absolute atomic E-state index is 4.58. The fraction of sp³-hybridized carbons (Fsp3) is 0. The van der Waals surface area contributed by atoms with E-state index in [0.717, 1.165) is 11.0 Å². The van der Waals surface area contributed by atoms with Crippen LogP contribution in [0, 0.1) is 0 Å². The third-order valence-corrected chi connectivity index (χ3v) is 2.83. The molecule has 96 valence electrons. The number of fused-ring (bicyclic) bond motifs is 2. The summed E-state index contributed by atoms with van der Waals surface area (Å²) in [4.78, 5) is 4.58. The summed E-state index contributed by atoms with van der Waals surface area (Å²) in [7, 11) is 0. The Morgan fingerprint density at radius 1 is 0.600 bits per heavy atom. The van der Waals surface area contributed by atoms with Crippen molar-refractivity contribution in [2.45, 2.75) is 0 Å². The first-order valence-electron chi connectivity index (χ1n) is 6.26. The molecule has 4 rings (SSSR count). The topological polar surface area (TPSA) is 51.6 Å². The normalized spacial score (nSPS) is 10.0. The molecule has 0 saturated heterocycles. The highest BCUT2D eigenvalue weighted by atomic mass is 15.3. The lowest BCUT2D eigenvalue weighted by molar-refractivity contribution is 0.865. The summed E-state index contributed by atoms with van der Waals surface area (Å²) in [6.07, 6.45) is 3.15. The molecule has 20 heavy (non-hydrogen) atoms. The summed E-state index contributed by atoms with van der Waals surface area (Å²) < 4.78 is 0. The smallest absolute Gasteiger partial charge is 0.0709 e. The van der Waals surface area contributed by atoms with Crippen molar-refractivity contribution in [3.8, 4) is 0 Å². The van der Waals surface area contributed by atoms with Crippen LogP contribution in [0.15, 0.2) is 73.1 Å². The Bertz CT molecular complexity index is 684. The summed E-state index contributed by atoms with van der Waals surface area (Å²) in [5.74, 6) is 0. The number of pyridine rings is 1. The molecule has 4 heteroatoms. The number of para-hydroxylation sites is 2. The Hall–Kier alpha value is -2.88. The van der Waals surface area contributed by atoms with E-state index in [0.29, 0.717) is 0 Å². The first-order valence-corrected chi connectivity index (χ1v) is 6.26. The average molecular weight is 260 g/mol. The van der Waals surface area contributed by atoms with Gasteiger partial charge in [-0.3, -0.25) is 0 Å². The van der Waals surface area contributed by atoms with Gasteiger partial charge in [0.2, 0.25) is 0 Å². The van der Waals surface area contributed by atoms with Gasteiger partial charge in [0.15, 0.2) is 0 Å². The standard InChI is InChI=1S/C13H9N.C3H3N3/c1-3-7-12-10(5-1)9-11-6-2-4-8-13(11)14-12;1-2-4-6-5-3-1/h1-9H;1-3H. The summed E-state index contributed by atoms with van der Waals surface area (Å²) in [5.41, 5.74) is 2.12. The number of nitrogens with zero attached hydrogens (tertiary/aromatic N) is 4. The van der Waals surface area contributed by atoms with Gasteiger partial charge in [-0.1, -0.05) is 36.4 Å². The SMILES string of the molecule is c1ccc2nc3ccccc3cc2c1.c1cnnnc1. The molecule has 0 amide bonds. The van der Waals surface area contributed by atoms with Crippen LogP contribution in [-0.4, -0.2) is 20.4 Å². The Morgan fingerprint density at radius 3 is 1.60 bits per heavy atom. The fourth-order valence-electron chi connectivity index (χ4n) is 1.93. The van der Waals surface area contributed by atoms with E-state index in [9.17, 15) is 0 Å². The van der Waals surface area contributed by atoms with Gasteiger partial charge in [-0.2, -0.15) is 0 Å². The van der Waals surface area contributed by atoms with Gasteiger partial charge in [0.1, 0.15) is 0 Å². The van der Waals surface area contributed by atoms with Crippen molar-refractivity contribution in [2.75, 3.05) is 0 Å². The molecule has 0 aliphatic heterocycles. The van der Waals surface area contributed by atoms with Gasteiger partial charge in [0.25, 0.3) is 0 Å². The number of rotatable bonds is 0. The van der Waals surface area contributed by atoms with Gasteiger partial charge in [-0.05, 0) is 29.5 Å². The zero-order valence-corrected chi connectivity index (χ0v) is 10.7. The monoisotopic (exact) mass is 260 g/mol. The molecule has 0 aliphatic carbocycles. The molecule has 4 aromatic rings. The lowest BCUT2D eigenvalue weighted by Gasteiger charge is -1.99. The van der Waals surface area contributed by atoms with E-state index in [4.69, 9.17) is 0 Å². The van der Waals surface area contributed by atoms with Crippen LogP contribution in [0.1, 0.15) is 0 Å². The lowest BCUT2D eigenvalue weighted by Crippen LogP contribution is -1.80. The highest BCUT2D eigenvalue weighted by Gasteiger charge is 1.96. The maximum Gasteiger partial charge on any atom is 0.0709 e. The van der Waals surface area contributed by atoms with E-state index < -0.39 is 0 Å². The Balaban J connectivity index is 0.000000170. The second-order valence-electron chi connectivity index (χ2n) is 4.18. The van der Waals surface area contributed by atoms with E-state index in [1.165, 1.54) is 10.8 Å². The van der Waals surface area contributed by atoms with Crippen LogP contribution in [-0.2, 0) is 0 Å². The van der Waals surface area contributed by atoms with Gasteiger partial charge < -0.3 is 0 Å². The summed E-state index contributed by atoms with van der Waals surface area (Å²) in [5, 5.41) is 12.5. The van der Waals surface area contributed by atoms with E-state index in [1.54, 1.807) is 18.5 Å². The summed E-state index contributed by atoms with van der Waals surface area (Å²) in [6.45, 7) is 0. The molecule has 0 spiro atoms. The molecule has 2 aromatic carbocycles. The molecule has 2 aromatic heterocycles. The van der Waals surface area contributed by atoms with Crippen LogP contribution in [0.3, 0.4) is 0 Å².